The molecule has 1 aromatic rings. The number of nitrogens with one attached hydrogen (secondary N) is 1. The highest BCUT2D eigenvalue weighted by Crippen LogP contribution is 2.15. The van der Waals surface area contributed by atoms with Crippen LogP contribution in [0.3, 0.4) is 0 Å². The summed E-state index contributed by atoms with van der Waals surface area (Å²) >= 11 is 0. The number of benzene rings is 1. The summed E-state index contributed by atoms with van der Waals surface area (Å²) in [6.07, 6.45) is 0.691. The Labute approximate surface area is 105 Å². The first-order chi connectivity index (χ1) is 8.70. The lowest BCUT2D eigenvalue weighted by molar-refractivity contribution is 0.123. The van der Waals surface area contributed by atoms with Crippen LogP contribution in [0.1, 0.15) is 12.0 Å². The van der Waals surface area contributed by atoms with Crippen molar-refractivity contribution in [3.8, 4) is 0 Å². The van der Waals surface area contributed by atoms with Crippen LogP contribution in [0.15, 0.2) is 18.2 Å². The fourth-order valence-corrected chi connectivity index (χ4v) is 2.32. The van der Waals surface area contributed by atoms with Crippen LogP contribution in [0, 0.1) is 11.6 Å². The highest BCUT2D eigenvalue weighted by atomic mass is 19.2. The van der Waals surface area contributed by atoms with Crippen LogP contribution in [0.5, 0.6) is 0 Å². The summed E-state index contributed by atoms with van der Waals surface area (Å²) in [4.78, 5) is 2.19. The van der Waals surface area contributed by atoms with Gasteiger partial charge in [-0.2, -0.15) is 0 Å². The molecule has 100 valence electrons. The van der Waals surface area contributed by atoms with Crippen molar-refractivity contribution in [3.63, 3.8) is 0 Å². The van der Waals surface area contributed by atoms with Crippen molar-refractivity contribution in [3.05, 3.63) is 35.4 Å². The van der Waals surface area contributed by atoms with Crippen LogP contribution in [0.4, 0.5) is 8.78 Å². The number of hydrogen-bond donors (Lipinski definition) is 2. The number of hydrogen-bond acceptors (Lipinski definition) is 3. The van der Waals surface area contributed by atoms with Crippen molar-refractivity contribution in [2.45, 2.75) is 19.0 Å². The van der Waals surface area contributed by atoms with Gasteiger partial charge in [0.2, 0.25) is 0 Å². The predicted octanol–water partition coefficient (Wildman–Crippen LogP) is 1.12. The van der Waals surface area contributed by atoms with Gasteiger partial charge in [-0.25, -0.2) is 8.78 Å². The molecule has 5 heteroatoms. The van der Waals surface area contributed by atoms with Gasteiger partial charge in [0.15, 0.2) is 11.6 Å². The molecule has 3 nitrogen and oxygen atoms in total. The van der Waals surface area contributed by atoms with Crippen molar-refractivity contribution in [2.24, 2.45) is 0 Å². The van der Waals surface area contributed by atoms with E-state index in [1.54, 1.807) is 6.07 Å². The van der Waals surface area contributed by atoms with Gasteiger partial charge in [-0.3, -0.25) is 4.90 Å². The summed E-state index contributed by atoms with van der Waals surface area (Å²) in [5.74, 6) is -1.62. The van der Waals surface area contributed by atoms with Gasteiger partial charge in [-0.05, 0) is 24.1 Å². The molecule has 0 unspecified atom stereocenters. The molecule has 2 rings (SSSR count). The maximum absolute atomic E-state index is 13.1. The average molecular weight is 256 g/mol. The molecule has 0 bridgehead atoms. The van der Waals surface area contributed by atoms with Gasteiger partial charge in [0, 0.05) is 38.8 Å². The molecule has 1 aliphatic heterocycles. The Morgan fingerprint density at radius 3 is 2.89 bits per heavy atom. The lowest BCUT2D eigenvalue weighted by Crippen LogP contribution is -2.51. The van der Waals surface area contributed by atoms with Crippen LogP contribution < -0.4 is 5.32 Å². The molecule has 1 aromatic carbocycles. The topological polar surface area (TPSA) is 35.5 Å². The summed E-state index contributed by atoms with van der Waals surface area (Å²) in [5, 5.41) is 12.3. The predicted molar refractivity (Wildman–Crippen MR) is 65.1 cm³/mol. The average Bonchev–Trinajstić information content (AvgIpc) is 2.37. The van der Waals surface area contributed by atoms with Crippen LogP contribution in [-0.4, -0.2) is 42.3 Å². The minimum Gasteiger partial charge on any atom is -0.396 e. The molecule has 0 spiro atoms. The van der Waals surface area contributed by atoms with Gasteiger partial charge >= 0.3 is 0 Å². The van der Waals surface area contributed by atoms with E-state index in [4.69, 9.17) is 5.11 Å². The molecule has 1 saturated heterocycles. The molecular weight excluding hydrogens is 238 g/mol. The molecule has 0 aliphatic carbocycles. The lowest BCUT2D eigenvalue weighted by atomic mass is 10.1. The number of halogens is 2. The summed E-state index contributed by atoms with van der Waals surface area (Å²) in [6, 6.07) is 4.26. The van der Waals surface area contributed by atoms with Crippen molar-refractivity contribution in [1.29, 1.82) is 0 Å². The molecular formula is C13H18F2N2O. The Morgan fingerprint density at radius 1 is 1.33 bits per heavy atom. The first-order valence-electron chi connectivity index (χ1n) is 6.20. The smallest absolute Gasteiger partial charge is 0.159 e. The standard InChI is InChI=1S/C13H18F2N2O/c14-12-2-1-10(7-13(12)15)9-17-5-4-16-8-11(17)3-6-18/h1-2,7,11,16,18H,3-6,8-9H2/t11-/m1/s1. The van der Waals surface area contributed by atoms with E-state index in [9.17, 15) is 8.78 Å². The van der Waals surface area contributed by atoms with E-state index in [2.05, 4.69) is 10.2 Å². The minimum atomic E-state index is -0.814. The maximum Gasteiger partial charge on any atom is 0.159 e. The SMILES string of the molecule is OCC[C@@H]1CNCCN1Cc1ccc(F)c(F)c1. The molecule has 2 N–H and O–H groups in total. The second-order valence-electron chi connectivity index (χ2n) is 4.59. The summed E-state index contributed by atoms with van der Waals surface area (Å²) in [7, 11) is 0. The Kier molecular flexibility index (Phi) is 4.63. The van der Waals surface area contributed by atoms with Crippen molar-refractivity contribution >= 4 is 0 Å². The zero-order valence-electron chi connectivity index (χ0n) is 10.2. The van der Waals surface area contributed by atoms with E-state index < -0.39 is 11.6 Å². The van der Waals surface area contributed by atoms with Gasteiger partial charge < -0.3 is 10.4 Å². The van der Waals surface area contributed by atoms with E-state index in [1.165, 1.54) is 6.07 Å². The maximum atomic E-state index is 13.1. The number of aliphatic hydroxyl groups is 1. The highest BCUT2D eigenvalue weighted by Gasteiger charge is 2.21. The quantitative estimate of drug-likeness (QED) is 0.847. The molecule has 1 aliphatic rings. The monoisotopic (exact) mass is 256 g/mol. The Hall–Kier alpha value is -1.04. The number of rotatable bonds is 4. The van der Waals surface area contributed by atoms with Crippen LogP contribution >= 0.6 is 0 Å². The van der Waals surface area contributed by atoms with E-state index in [0.29, 0.717) is 13.0 Å². The fourth-order valence-electron chi connectivity index (χ4n) is 2.32. The first-order valence-corrected chi connectivity index (χ1v) is 6.20. The fraction of sp³-hybridized carbons (Fsp3) is 0.538. The van der Waals surface area contributed by atoms with Crippen molar-refractivity contribution in [1.82, 2.24) is 10.2 Å². The minimum absolute atomic E-state index is 0.140. The van der Waals surface area contributed by atoms with Crippen LogP contribution in [0.25, 0.3) is 0 Å². The van der Waals surface area contributed by atoms with Crippen molar-refractivity contribution in [2.75, 3.05) is 26.2 Å². The zero-order chi connectivity index (χ0) is 13.0. The summed E-state index contributed by atoms with van der Waals surface area (Å²) < 4.78 is 26.0. The number of nitrogens with zero attached hydrogens (tertiary/aromatic N) is 1. The molecule has 1 fully saturated rings. The summed E-state index contributed by atoms with van der Waals surface area (Å²) in [6.45, 7) is 3.28. The Morgan fingerprint density at radius 2 is 2.17 bits per heavy atom. The Balaban J connectivity index is 2.03. The molecule has 0 amide bonds. The molecule has 0 saturated carbocycles. The first kappa shape index (κ1) is 13.4. The van der Waals surface area contributed by atoms with E-state index >= 15 is 0 Å². The largest absolute Gasteiger partial charge is 0.396 e. The molecule has 0 radical (unpaired) electrons. The highest BCUT2D eigenvalue weighted by molar-refractivity contribution is 5.17. The third-order valence-corrected chi connectivity index (χ3v) is 3.30. The van der Waals surface area contributed by atoms with E-state index in [0.717, 1.165) is 31.3 Å². The van der Waals surface area contributed by atoms with Crippen LogP contribution in [0.2, 0.25) is 0 Å². The van der Waals surface area contributed by atoms with Crippen LogP contribution in [-0.2, 0) is 6.54 Å². The Bertz CT molecular complexity index is 399. The van der Waals surface area contributed by atoms with Gasteiger partial charge in [0.05, 0.1) is 0 Å². The van der Waals surface area contributed by atoms with Gasteiger partial charge in [0.25, 0.3) is 0 Å². The number of aliphatic hydroxyl groups excluding tert-OH is 1. The van der Waals surface area contributed by atoms with E-state index in [1.807, 2.05) is 0 Å². The molecule has 1 atom stereocenters. The molecule has 1 heterocycles. The van der Waals surface area contributed by atoms with E-state index in [-0.39, 0.29) is 12.6 Å². The van der Waals surface area contributed by atoms with Crippen molar-refractivity contribution < 1.29 is 13.9 Å². The third-order valence-electron chi connectivity index (χ3n) is 3.30. The second kappa shape index (κ2) is 6.22. The van der Waals surface area contributed by atoms with Gasteiger partial charge in [-0.1, -0.05) is 6.07 Å². The van der Waals surface area contributed by atoms with Gasteiger partial charge in [0.1, 0.15) is 0 Å². The van der Waals surface area contributed by atoms with Gasteiger partial charge in [-0.15, -0.1) is 0 Å². The lowest BCUT2D eigenvalue weighted by Gasteiger charge is -2.36. The normalized spacial score (nSPS) is 21.2. The zero-order valence-corrected chi connectivity index (χ0v) is 10.2. The molecule has 18 heavy (non-hydrogen) atoms. The molecule has 0 aromatic heterocycles. The summed E-state index contributed by atoms with van der Waals surface area (Å²) in [5.41, 5.74) is 0.763. The number of piperazine rings is 1. The second-order valence-corrected chi connectivity index (χ2v) is 4.59. The third kappa shape index (κ3) is 3.25.